The van der Waals surface area contributed by atoms with Crippen molar-refractivity contribution < 1.29 is 0 Å². The molecular formula is C9H7BrN2OS. The molecule has 2 aromatic rings. The van der Waals surface area contributed by atoms with E-state index in [2.05, 4.69) is 32.5 Å². The van der Waals surface area contributed by atoms with Gasteiger partial charge in [0.15, 0.2) is 0 Å². The molecule has 0 aliphatic rings. The molecule has 0 saturated heterocycles. The van der Waals surface area contributed by atoms with Gasteiger partial charge in [-0.1, -0.05) is 6.58 Å². The summed E-state index contributed by atoms with van der Waals surface area (Å²) in [4.78, 5) is 17.8. The second-order valence-electron chi connectivity index (χ2n) is 2.75. The molecule has 2 N–H and O–H groups in total. The van der Waals surface area contributed by atoms with E-state index >= 15 is 0 Å². The first-order valence-electron chi connectivity index (χ1n) is 3.89. The normalized spacial score (nSPS) is 12.2. The smallest absolute Gasteiger partial charge is 0.273 e. The van der Waals surface area contributed by atoms with Crippen LogP contribution in [0.5, 0.6) is 0 Å². The first-order valence-corrected chi connectivity index (χ1v) is 5.56. The SMILES string of the molecule is C=c1[nH]c(=O)/c(=C/c2sccc2Br)[nH]1. The second-order valence-corrected chi connectivity index (χ2v) is 4.55. The Kier molecular flexibility index (Phi) is 2.43. The predicted molar refractivity (Wildman–Crippen MR) is 61.8 cm³/mol. The first-order chi connectivity index (χ1) is 6.66. The fraction of sp³-hybridized carbons (Fsp3) is 0. The fourth-order valence-corrected chi connectivity index (χ4v) is 2.52. The summed E-state index contributed by atoms with van der Waals surface area (Å²) >= 11 is 4.96. The Labute approximate surface area is 91.9 Å². The lowest BCUT2D eigenvalue weighted by molar-refractivity contribution is 1.19. The number of aromatic nitrogens is 2. The van der Waals surface area contributed by atoms with Gasteiger partial charge in [-0.25, -0.2) is 0 Å². The summed E-state index contributed by atoms with van der Waals surface area (Å²) < 4.78 is 0.988. The number of hydrogen-bond donors (Lipinski definition) is 2. The third kappa shape index (κ3) is 1.73. The summed E-state index contributed by atoms with van der Waals surface area (Å²) in [6.45, 7) is 3.61. The van der Waals surface area contributed by atoms with Crippen LogP contribution < -0.4 is 16.4 Å². The molecule has 0 fully saturated rings. The first kappa shape index (κ1) is 9.48. The van der Waals surface area contributed by atoms with Crippen molar-refractivity contribution in [2.24, 2.45) is 0 Å². The Morgan fingerprint density at radius 3 is 2.79 bits per heavy atom. The average molecular weight is 271 g/mol. The van der Waals surface area contributed by atoms with E-state index in [9.17, 15) is 4.79 Å². The van der Waals surface area contributed by atoms with Gasteiger partial charge in [-0.15, -0.1) is 11.3 Å². The van der Waals surface area contributed by atoms with E-state index in [1.54, 1.807) is 17.4 Å². The Hall–Kier alpha value is -1.07. The van der Waals surface area contributed by atoms with Gasteiger partial charge < -0.3 is 9.97 Å². The quantitative estimate of drug-likeness (QED) is 0.790. The molecule has 72 valence electrons. The van der Waals surface area contributed by atoms with Crippen LogP contribution in [-0.2, 0) is 0 Å². The van der Waals surface area contributed by atoms with Gasteiger partial charge in [0, 0.05) is 9.35 Å². The predicted octanol–water partition coefficient (Wildman–Crippen LogP) is 0.766. The second kappa shape index (κ2) is 3.59. The monoisotopic (exact) mass is 270 g/mol. The van der Waals surface area contributed by atoms with Crippen LogP contribution in [0.4, 0.5) is 0 Å². The molecule has 0 bridgehead atoms. The minimum atomic E-state index is -0.143. The molecule has 0 radical (unpaired) electrons. The van der Waals surface area contributed by atoms with Crippen molar-refractivity contribution in [3.05, 3.63) is 42.0 Å². The molecule has 0 aliphatic carbocycles. The molecule has 5 heteroatoms. The zero-order valence-electron chi connectivity index (χ0n) is 7.13. The van der Waals surface area contributed by atoms with Crippen LogP contribution in [0.1, 0.15) is 4.88 Å². The van der Waals surface area contributed by atoms with E-state index in [0.29, 0.717) is 10.8 Å². The van der Waals surface area contributed by atoms with Crippen molar-refractivity contribution in [3.63, 3.8) is 0 Å². The van der Waals surface area contributed by atoms with Gasteiger partial charge in [-0.2, -0.15) is 0 Å². The van der Waals surface area contributed by atoms with Gasteiger partial charge in [-0.05, 0) is 33.5 Å². The van der Waals surface area contributed by atoms with Crippen LogP contribution in [0.25, 0.3) is 12.7 Å². The highest BCUT2D eigenvalue weighted by Crippen LogP contribution is 2.22. The summed E-state index contributed by atoms with van der Waals surface area (Å²) in [6, 6.07) is 1.94. The molecule has 0 aliphatic heterocycles. The lowest BCUT2D eigenvalue weighted by Crippen LogP contribution is -2.22. The third-order valence-electron chi connectivity index (χ3n) is 1.71. The van der Waals surface area contributed by atoms with Crippen LogP contribution in [0, 0.1) is 0 Å². The number of rotatable bonds is 1. The van der Waals surface area contributed by atoms with Crippen LogP contribution >= 0.6 is 27.3 Å². The van der Waals surface area contributed by atoms with Crippen molar-refractivity contribution in [3.8, 4) is 0 Å². The lowest BCUT2D eigenvalue weighted by atomic mass is 10.4. The maximum Gasteiger partial charge on any atom is 0.273 e. The highest BCUT2D eigenvalue weighted by molar-refractivity contribution is 9.10. The molecule has 2 heterocycles. The minimum Gasteiger partial charge on any atom is -0.338 e. The highest BCUT2D eigenvalue weighted by atomic mass is 79.9. The van der Waals surface area contributed by atoms with E-state index in [-0.39, 0.29) is 5.56 Å². The molecule has 0 spiro atoms. The topological polar surface area (TPSA) is 48.6 Å². The molecule has 0 unspecified atom stereocenters. The molecular weight excluding hydrogens is 264 g/mol. The van der Waals surface area contributed by atoms with Crippen LogP contribution in [0.2, 0.25) is 0 Å². The standard InChI is InChI=1S/C9H7BrN2OS/c1-5-11-7(9(13)12-5)4-8-6(10)2-3-14-8/h2-4,11H,1H2,(H,12,13)/b7-4-. The van der Waals surface area contributed by atoms with Crippen molar-refractivity contribution in [1.82, 2.24) is 9.97 Å². The molecule has 0 aromatic carbocycles. The van der Waals surface area contributed by atoms with Crippen molar-refractivity contribution in [1.29, 1.82) is 0 Å². The molecule has 3 nitrogen and oxygen atoms in total. The molecule has 0 saturated carbocycles. The van der Waals surface area contributed by atoms with Gasteiger partial charge in [0.25, 0.3) is 5.56 Å². The number of H-pyrrole nitrogens is 2. The number of thiophene rings is 1. The Morgan fingerprint density at radius 2 is 2.29 bits per heavy atom. The maximum atomic E-state index is 11.3. The van der Waals surface area contributed by atoms with E-state index in [4.69, 9.17) is 0 Å². The zero-order valence-corrected chi connectivity index (χ0v) is 9.54. The Morgan fingerprint density at radius 1 is 1.50 bits per heavy atom. The number of hydrogen-bond acceptors (Lipinski definition) is 2. The van der Waals surface area contributed by atoms with Crippen LogP contribution in [0.15, 0.2) is 20.7 Å². The summed E-state index contributed by atoms with van der Waals surface area (Å²) in [5.41, 5.74) is 0.379. The average Bonchev–Trinajstić information content (AvgIpc) is 2.62. The largest absolute Gasteiger partial charge is 0.338 e. The summed E-state index contributed by atoms with van der Waals surface area (Å²) in [6.07, 6.45) is 1.79. The van der Waals surface area contributed by atoms with Crippen molar-refractivity contribution in [2.45, 2.75) is 0 Å². The van der Waals surface area contributed by atoms with Gasteiger partial charge >= 0.3 is 0 Å². The molecule has 0 atom stereocenters. The van der Waals surface area contributed by atoms with Crippen molar-refractivity contribution >= 4 is 39.9 Å². The molecule has 14 heavy (non-hydrogen) atoms. The molecule has 2 aromatic heterocycles. The number of halogens is 1. The molecule has 2 rings (SSSR count). The summed E-state index contributed by atoms with van der Waals surface area (Å²) in [5, 5.41) is 2.48. The summed E-state index contributed by atoms with van der Waals surface area (Å²) in [5.74, 6) is 0. The van der Waals surface area contributed by atoms with E-state index in [1.165, 1.54) is 0 Å². The van der Waals surface area contributed by atoms with Crippen LogP contribution in [-0.4, -0.2) is 9.97 Å². The number of nitrogens with one attached hydrogen (secondary N) is 2. The van der Waals surface area contributed by atoms with Gasteiger partial charge in [0.05, 0.1) is 0 Å². The minimum absolute atomic E-state index is 0.143. The number of aromatic amines is 2. The van der Waals surface area contributed by atoms with Crippen LogP contribution in [0.3, 0.4) is 0 Å². The van der Waals surface area contributed by atoms with Gasteiger partial charge in [0.2, 0.25) is 0 Å². The van der Waals surface area contributed by atoms with Gasteiger partial charge in [0.1, 0.15) is 10.8 Å². The third-order valence-corrected chi connectivity index (χ3v) is 3.53. The number of imidazole rings is 1. The zero-order chi connectivity index (χ0) is 10.1. The van der Waals surface area contributed by atoms with E-state index < -0.39 is 0 Å². The fourth-order valence-electron chi connectivity index (χ4n) is 1.10. The van der Waals surface area contributed by atoms with E-state index in [1.807, 2.05) is 11.4 Å². The Balaban J connectivity index is 2.66. The highest BCUT2D eigenvalue weighted by Gasteiger charge is 1.98. The van der Waals surface area contributed by atoms with Gasteiger partial charge in [-0.3, -0.25) is 4.79 Å². The maximum absolute atomic E-state index is 11.3. The molecule has 0 amide bonds. The summed E-state index contributed by atoms with van der Waals surface area (Å²) in [7, 11) is 0. The van der Waals surface area contributed by atoms with Crippen molar-refractivity contribution in [2.75, 3.05) is 0 Å². The van der Waals surface area contributed by atoms with E-state index in [0.717, 1.165) is 9.35 Å². The lowest BCUT2D eigenvalue weighted by Gasteiger charge is -1.83. The Bertz CT molecular complexity index is 607.